The Kier molecular flexibility index (Phi) is 9.41. The molecule has 0 bridgehead atoms. The van der Waals surface area contributed by atoms with Crippen LogP contribution in [0.3, 0.4) is 0 Å². The van der Waals surface area contributed by atoms with Crippen molar-refractivity contribution in [2.75, 3.05) is 7.05 Å². The molecule has 0 atom stereocenters. The van der Waals surface area contributed by atoms with E-state index in [4.69, 9.17) is 0 Å². The number of carbonyl (C=O) groups excluding carboxylic acids is 1. The van der Waals surface area contributed by atoms with Crippen LogP contribution in [0, 0.1) is 19.8 Å². The molecule has 0 saturated heterocycles. The van der Waals surface area contributed by atoms with Crippen LogP contribution in [0.15, 0.2) is 66.2 Å². The van der Waals surface area contributed by atoms with Gasteiger partial charge in [0.2, 0.25) is 0 Å². The Hall–Kier alpha value is -2.76. The van der Waals surface area contributed by atoms with E-state index in [-0.39, 0.29) is 0 Å². The standard InChI is InChI=1S/C24H26N2OS.C6H13N/c1-6-9-21(18(4)26-13-12-20(15-27)14-16(26)2)22-10-7-8-11-23(22)24-17(3)25-19(5)28-24;1-5-3-6(4-5)7-2/h7-8,10-15H,2,6,9H2,1,3-5H3;5-7H,3-4H2,1-2H3/b21-18+;. The molecule has 1 N–H and O–H groups in total. The summed E-state index contributed by atoms with van der Waals surface area (Å²) in [5, 5.41) is 4.31. The van der Waals surface area contributed by atoms with Crippen LogP contribution in [-0.2, 0) is 4.79 Å². The zero-order valence-electron chi connectivity index (χ0n) is 22.0. The molecule has 2 heterocycles. The SMILES string of the molecule is C=C1C=C(C=O)C=CN1/C(C)=C(\CCC)c1ccccc1-c1sc(C)nc1C.CNC1CC(C)C1. The predicted molar refractivity (Wildman–Crippen MR) is 150 cm³/mol. The van der Waals surface area contributed by atoms with E-state index in [1.165, 1.54) is 34.4 Å². The van der Waals surface area contributed by atoms with Crippen molar-refractivity contribution < 1.29 is 4.79 Å². The first kappa shape index (κ1) is 26.8. The van der Waals surface area contributed by atoms with Crippen LogP contribution in [0.5, 0.6) is 0 Å². The Morgan fingerprint density at radius 1 is 1.29 bits per heavy atom. The molecule has 2 aromatic rings. The molecule has 4 nitrogen and oxygen atoms in total. The molecule has 1 saturated carbocycles. The van der Waals surface area contributed by atoms with Gasteiger partial charge in [-0.05, 0) is 76.3 Å². The quantitative estimate of drug-likeness (QED) is 0.411. The van der Waals surface area contributed by atoms with Gasteiger partial charge in [0, 0.05) is 34.8 Å². The molecule has 1 fully saturated rings. The third-order valence-corrected chi connectivity index (χ3v) is 7.78. The highest BCUT2D eigenvalue weighted by Gasteiger charge is 2.22. The fraction of sp³-hybridized carbons (Fsp3) is 0.400. The molecule has 1 aromatic carbocycles. The minimum Gasteiger partial charge on any atom is -0.321 e. The number of nitrogens with zero attached hydrogens (tertiary/aromatic N) is 2. The van der Waals surface area contributed by atoms with E-state index in [0.717, 1.165) is 53.2 Å². The number of aryl methyl sites for hydroxylation is 2. The summed E-state index contributed by atoms with van der Waals surface area (Å²) in [6, 6.07) is 9.40. The first-order valence-electron chi connectivity index (χ1n) is 12.5. The van der Waals surface area contributed by atoms with Crippen molar-refractivity contribution in [3.63, 3.8) is 0 Å². The fourth-order valence-corrected chi connectivity index (χ4v) is 5.70. The molecular weight excluding hydrogens is 450 g/mol. The molecule has 4 rings (SSSR count). The number of allylic oxidation sites excluding steroid dienone is 5. The van der Waals surface area contributed by atoms with Gasteiger partial charge in [0.05, 0.1) is 15.6 Å². The number of hydrogen-bond acceptors (Lipinski definition) is 5. The van der Waals surface area contributed by atoms with Crippen molar-refractivity contribution in [3.05, 3.63) is 82.4 Å². The largest absolute Gasteiger partial charge is 0.321 e. The van der Waals surface area contributed by atoms with Crippen LogP contribution in [0.25, 0.3) is 16.0 Å². The maximum Gasteiger partial charge on any atom is 0.150 e. The molecule has 0 amide bonds. The maximum absolute atomic E-state index is 11.1. The van der Waals surface area contributed by atoms with Gasteiger partial charge in [0.1, 0.15) is 6.29 Å². The van der Waals surface area contributed by atoms with E-state index in [9.17, 15) is 4.79 Å². The number of aldehydes is 1. The van der Waals surface area contributed by atoms with E-state index in [1.54, 1.807) is 11.3 Å². The molecule has 0 unspecified atom stereocenters. The van der Waals surface area contributed by atoms with E-state index < -0.39 is 0 Å². The second-order valence-corrected chi connectivity index (χ2v) is 10.7. The lowest BCUT2D eigenvalue weighted by molar-refractivity contribution is -0.104. The summed E-state index contributed by atoms with van der Waals surface area (Å²) < 4.78 is 0. The van der Waals surface area contributed by atoms with Crippen molar-refractivity contribution in [1.29, 1.82) is 0 Å². The monoisotopic (exact) mass is 489 g/mol. The Morgan fingerprint density at radius 3 is 2.51 bits per heavy atom. The van der Waals surface area contributed by atoms with Gasteiger partial charge < -0.3 is 10.2 Å². The van der Waals surface area contributed by atoms with E-state index >= 15 is 0 Å². The van der Waals surface area contributed by atoms with Gasteiger partial charge in [-0.1, -0.05) is 51.1 Å². The number of aromatic nitrogens is 1. The Balaban J connectivity index is 0.000000420. The van der Waals surface area contributed by atoms with Crippen LogP contribution in [0.1, 0.15) is 62.7 Å². The van der Waals surface area contributed by atoms with Gasteiger partial charge in [-0.3, -0.25) is 4.79 Å². The number of thiazole rings is 1. The summed E-state index contributed by atoms with van der Waals surface area (Å²) in [6.45, 7) is 14.9. The Bertz CT molecular complexity index is 1150. The highest BCUT2D eigenvalue weighted by Crippen LogP contribution is 2.39. The van der Waals surface area contributed by atoms with Crippen molar-refractivity contribution in [2.45, 2.75) is 66.3 Å². The van der Waals surface area contributed by atoms with Crippen LogP contribution >= 0.6 is 11.3 Å². The minimum absolute atomic E-state index is 0.641. The third kappa shape index (κ3) is 6.47. The topological polar surface area (TPSA) is 45.2 Å². The molecule has 0 radical (unpaired) electrons. The highest BCUT2D eigenvalue weighted by molar-refractivity contribution is 7.15. The third-order valence-electron chi connectivity index (χ3n) is 6.68. The number of rotatable bonds is 7. The zero-order chi connectivity index (χ0) is 25.5. The van der Waals surface area contributed by atoms with Crippen molar-refractivity contribution >= 4 is 23.2 Å². The summed E-state index contributed by atoms with van der Waals surface area (Å²) in [5.41, 5.74) is 7.40. The summed E-state index contributed by atoms with van der Waals surface area (Å²) >= 11 is 1.74. The summed E-state index contributed by atoms with van der Waals surface area (Å²) in [7, 11) is 2.04. The van der Waals surface area contributed by atoms with Crippen LogP contribution in [0.2, 0.25) is 0 Å². The average molecular weight is 490 g/mol. The maximum atomic E-state index is 11.1. The second kappa shape index (κ2) is 12.3. The lowest BCUT2D eigenvalue weighted by Crippen LogP contribution is -2.37. The van der Waals surface area contributed by atoms with Gasteiger partial charge in [-0.25, -0.2) is 4.98 Å². The summed E-state index contributed by atoms with van der Waals surface area (Å²) in [5.74, 6) is 0.984. The molecule has 1 aromatic heterocycles. The van der Waals surface area contributed by atoms with Gasteiger partial charge in [-0.15, -0.1) is 11.3 Å². The first-order chi connectivity index (χ1) is 16.8. The van der Waals surface area contributed by atoms with E-state index in [2.05, 4.69) is 80.7 Å². The van der Waals surface area contributed by atoms with Crippen LogP contribution in [-0.4, -0.2) is 29.3 Å². The second-order valence-electron chi connectivity index (χ2n) is 9.51. The molecule has 0 spiro atoms. The van der Waals surface area contributed by atoms with E-state index in [1.807, 2.05) is 25.4 Å². The summed E-state index contributed by atoms with van der Waals surface area (Å²) in [6.07, 6.45) is 11.2. The molecule has 2 aliphatic rings. The zero-order valence-corrected chi connectivity index (χ0v) is 22.8. The van der Waals surface area contributed by atoms with Gasteiger partial charge >= 0.3 is 0 Å². The molecule has 35 heavy (non-hydrogen) atoms. The number of hydrogen-bond donors (Lipinski definition) is 1. The van der Waals surface area contributed by atoms with Crippen LogP contribution < -0.4 is 5.32 Å². The number of carbonyl (C=O) groups is 1. The predicted octanol–water partition coefficient (Wildman–Crippen LogP) is 7.43. The van der Waals surface area contributed by atoms with Crippen molar-refractivity contribution in [2.24, 2.45) is 5.92 Å². The Labute approximate surface area is 215 Å². The van der Waals surface area contributed by atoms with Gasteiger partial charge in [0.15, 0.2) is 0 Å². The number of benzene rings is 1. The lowest BCUT2D eigenvalue weighted by Gasteiger charge is -2.31. The first-order valence-corrected chi connectivity index (χ1v) is 13.3. The fourth-order valence-electron chi connectivity index (χ4n) is 4.74. The molecule has 1 aliphatic carbocycles. The molecule has 5 heteroatoms. The normalized spacial score (nSPS) is 19.9. The van der Waals surface area contributed by atoms with Gasteiger partial charge in [0.25, 0.3) is 0 Å². The Morgan fingerprint density at radius 2 is 2.00 bits per heavy atom. The average Bonchev–Trinajstić information content (AvgIpc) is 3.17. The molecular formula is C30H39N3OS. The smallest absolute Gasteiger partial charge is 0.150 e. The number of nitrogens with one attached hydrogen (secondary N) is 1. The van der Waals surface area contributed by atoms with E-state index in [0.29, 0.717) is 5.57 Å². The molecule has 186 valence electrons. The van der Waals surface area contributed by atoms with Crippen LogP contribution in [0.4, 0.5) is 0 Å². The summed E-state index contributed by atoms with van der Waals surface area (Å²) in [4.78, 5) is 19.0. The highest BCUT2D eigenvalue weighted by atomic mass is 32.1. The molecule has 1 aliphatic heterocycles. The van der Waals surface area contributed by atoms with Crippen molar-refractivity contribution in [1.82, 2.24) is 15.2 Å². The minimum atomic E-state index is 0.641. The van der Waals surface area contributed by atoms with Crippen molar-refractivity contribution in [3.8, 4) is 10.4 Å². The van der Waals surface area contributed by atoms with Gasteiger partial charge in [-0.2, -0.15) is 0 Å². The lowest BCUT2D eigenvalue weighted by atomic mass is 9.82.